The molecule has 2 saturated heterocycles. The van der Waals surface area contributed by atoms with Gasteiger partial charge in [-0.3, -0.25) is 9.89 Å². The summed E-state index contributed by atoms with van der Waals surface area (Å²) in [4.78, 5) is 10.3. The molecule has 4 rings (SSSR count). The summed E-state index contributed by atoms with van der Waals surface area (Å²) in [5.74, 6) is 2.02. The van der Waals surface area contributed by atoms with E-state index in [0.717, 1.165) is 50.8 Å². The van der Waals surface area contributed by atoms with Crippen LogP contribution < -0.4 is 15.4 Å². The van der Waals surface area contributed by atoms with E-state index in [1.807, 2.05) is 0 Å². The Hall–Kier alpha value is -1.79. The summed E-state index contributed by atoms with van der Waals surface area (Å²) in [6.07, 6.45) is 8.55. The highest BCUT2D eigenvalue weighted by Gasteiger charge is 2.39. The third-order valence-corrected chi connectivity index (χ3v) is 7.28. The molecule has 0 radical (unpaired) electrons. The number of fused-ring (bicyclic) bond motifs is 1. The van der Waals surface area contributed by atoms with E-state index in [1.54, 1.807) is 0 Å². The van der Waals surface area contributed by atoms with Gasteiger partial charge in [0.15, 0.2) is 5.96 Å². The number of ether oxygens (including phenoxy) is 1. The minimum Gasteiger partial charge on any atom is -0.493 e. The molecular formula is C25H41N5O. The SMILES string of the molecule is CCNC(=NCC1(N2CCCCC2)CCN(C)CC1)NCCc1ccc2c(c1)CCO2. The zero-order valence-corrected chi connectivity index (χ0v) is 19.6. The number of nitrogens with zero attached hydrogens (tertiary/aromatic N) is 3. The van der Waals surface area contributed by atoms with E-state index in [0.29, 0.717) is 0 Å². The maximum atomic E-state index is 5.63. The number of benzene rings is 1. The van der Waals surface area contributed by atoms with Gasteiger partial charge < -0.3 is 20.3 Å². The standard InChI is InChI=1S/C25H41N5O/c1-3-26-24(27-13-9-21-7-8-23-22(19-21)10-18-31-23)28-20-25(11-16-29(2)17-12-25)30-14-5-4-6-15-30/h7-8,19H,3-6,9-18,20H2,1-2H3,(H2,26,27,28). The summed E-state index contributed by atoms with van der Waals surface area (Å²) in [5, 5.41) is 7.05. The molecule has 0 unspecified atom stereocenters. The van der Waals surface area contributed by atoms with Gasteiger partial charge in [0.1, 0.15) is 5.75 Å². The van der Waals surface area contributed by atoms with Gasteiger partial charge in [-0.15, -0.1) is 0 Å². The highest BCUT2D eigenvalue weighted by Crippen LogP contribution is 2.31. The van der Waals surface area contributed by atoms with Gasteiger partial charge >= 0.3 is 0 Å². The molecule has 172 valence electrons. The largest absolute Gasteiger partial charge is 0.493 e. The molecule has 0 saturated carbocycles. The number of rotatable bonds is 7. The van der Waals surface area contributed by atoms with Gasteiger partial charge in [-0.25, -0.2) is 0 Å². The number of guanidine groups is 1. The first kappa shape index (κ1) is 22.4. The molecule has 1 aromatic rings. The monoisotopic (exact) mass is 427 g/mol. The highest BCUT2D eigenvalue weighted by atomic mass is 16.5. The lowest BCUT2D eigenvalue weighted by atomic mass is 9.84. The number of aliphatic imine (C=N–C) groups is 1. The molecule has 2 N–H and O–H groups in total. The second-order valence-electron chi connectivity index (χ2n) is 9.49. The fraction of sp³-hybridized carbons (Fsp3) is 0.720. The van der Waals surface area contributed by atoms with Crippen molar-refractivity contribution in [2.75, 3.05) is 59.5 Å². The molecule has 0 amide bonds. The summed E-state index contributed by atoms with van der Waals surface area (Å²) in [6, 6.07) is 6.62. The first-order valence-electron chi connectivity index (χ1n) is 12.4. The zero-order chi connectivity index (χ0) is 21.5. The fourth-order valence-electron chi connectivity index (χ4n) is 5.27. The molecular weight excluding hydrogens is 386 g/mol. The Morgan fingerprint density at radius 3 is 2.68 bits per heavy atom. The minimum atomic E-state index is 0.231. The predicted octanol–water partition coefficient (Wildman–Crippen LogP) is 2.67. The van der Waals surface area contributed by atoms with Crippen molar-refractivity contribution in [2.45, 2.75) is 57.4 Å². The Morgan fingerprint density at radius 2 is 1.90 bits per heavy atom. The number of hydrogen-bond donors (Lipinski definition) is 2. The average Bonchev–Trinajstić information content (AvgIpc) is 3.27. The Balaban J connectivity index is 1.37. The third-order valence-electron chi connectivity index (χ3n) is 7.28. The molecule has 3 aliphatic rings. The van der Waals surface area contributed by atoms with Crippen LogP contribution in [0.1, 0.15) is 50.2 Å². The highest BCUT2D eigenvalue weighted by molar-refractivity contribution is 5.79. The molecule has 0 atom stereocenters. The first-order valence-corrected chi connectivity index (χ1v) is 12.4. The molecule has 6 nitrogen and oxygen atoms in total. The van der Waals surface area contributed by atoms with Crippen molar-refractivity contribution in [1.82, 2.24) is 20.4 Å². The van der Waals surface area contributed by atoms with Crippen LogP contribution in [0.4, 0.5) is 0 Å². The number of piperidine rings is 2. The molecule has 3 heterocycles. The Labute approximate surface area is 188 Å². The van der Waals surface area contributed by atoms with Crippen molar-refractivity contribution in [3.05, 3.63) is 29.3 Å². The number of likely N-dealkylation sites (tertiary alicyclic amines) is 2. The summed E-state index contributed by atoms with van der Waals surface area (Å²) in [5.41, 5.74) is 2.95. The van der Waals surface area contributed by atoms with E-state index < -0.39 is 0 Å². The predicted molar refractivity (Wildman–Crippen MR) is 128 cm³/mol. The lowest BCUT2D eigenvalue weighted by Gasteiger charge is -2.49. The smallest absolute Gasteiger partial charge is 0.191 e. The van der Waals surface area contributed by atoms with Crippen LogP contribution in [0.3, 0.4) is 0 Å². The summed E-state index contributed by atoms with van der Waals surface area (Å²) < 4.78 is 5.63. The summed E-state index contributed by atoms with van der Waals surface area (Å²) in [6.45, 7) is 10.5. The van der Waals surface area contributed by atoms with Gasteiger partial charge in [0.2, 0.25) is 0 Å². The number of hydrogen-bond acceptors (Lipinski definition) is 4. The summed E-state index contributed by atoms with van der Waals surface area (Å²) >= 11 is 0. The van der Waals surface area contributed by atoms with Crippen molar-refractivity contribution in [3.63, 3.8) is 0 Å². The molecule has 0 bridgehead atoms. The van der Waals surface area contributed by atoms with Gasteiger partial charge in [0.05, 0.1) is 13.2 Å². The Kier molecular flexibility index (Phi) is 7.72. The van der Waals surface area contributed by atoms with Crippen LogP contribution in [0.25, 0.3) is 0 Å². The minimum absolute atomic E-state index is 0.231. The van der Waals surface area contributed by atoms with Gasteiger partial charge in [0.25, 0.3) is 0 Å². The van der Waals surface area contributed by atoms with Crippen molar-refractivity contribution in [3.8, 4) is 5.75 Å². The second kappa shape index (κ2) is 10.7. The van der Waals surface area contributed by atoms with Crippen LogP contribution in [0.15, 0.2) is 23.2 Å². The van der Waals surface area contributed by atoms with Crippen LogP contribution >= 0.6 is 0 Å². The van der Waals surface area contributed by atoms with Crippen LogP contribution in [0.2, 0.25) is 0 Å². The van der Waals surface area contributed by atoms with Gasteiger partial charge in [-0.1, -0.05) is 18.6 Å². The fourth-order valence-corrected chi connectivity index (χ4v) is 5.27. The lowest BCUT2D eigenvalue weighted by Crippen LogP contribution is -2.58. The van der Waals surface area contributed by atoms with E-state index in [4.69, 9.17) is 9.73 Å². The van der Waals surface area contributed by atoms with Gasteiger partial charge in [-0.2, -0.15) is 0 Å². The van der Waals surface area contributed by atoms with E-state index in [9.17, 15) is 0 Å². The van der Waals surface area contributed by atoms with Crippen molar-refractivity contribution < 1.29 is 4.74 Å². The van der Waals surface area contributed by atoms with Crippen LogP contribution in [-0.2, 0) is 12.8 Å². The molecule has 3 aliphatic heterocycles. The van der Waals surface area contributed by atoms with E-state index in [2.05, 4.69) is 52.6 Å². The maximum absolute atomic E-state index is 5.63. The molecule has 2 fully saturated rings. The zero-order valence-electron chi connectivity index (χ0n) is 19.6. The second-order valence-corrected chi connectivity index (χ2v) is 9.49. The van der Waals surface area contributed by atoms with E-state index in [-0.39, 0.29) is 5.54 Å². The Bertz CT molecular complexity index is 735. The van der Waals surface area contributed by atoms with Gasteiger partial charge in [0, 0.05) is 25.0 Å². The first-order chi connectivity index (χ1) is 15.2. The van der Waals surface area contributed by atoms with Crippen LogP contribution in [0.5, 0.6) is 5.75 Å². The van der Waals surface area contributed by atoms with Crippen molar-refractivity contribution in [1.29, 1.82) is 0 Å². The molecule has 0 aliphatic carbocycles. The topological polar surface area (TPSA) is 52.1 Å². The van der Waals surface area contributed by atoms with E-state index >= 15 is 0 Å². The van der Waals surface area contributed by atoms with Crippen molar-refractivity contribution in [2.24, 2.45) is 4.99 Å². The molecule has 1 aromatic carbocycles. The average molecular weight is 428 g/mol. The molecule has 6 heteroatoms. The number of nitrogens with one attached hydrogen (secondary N) is 2. The van der Waals surface area contributed by atoms with Gasteiger partial charge in [-0.05, 0) is 89.4 Å². The quantitative estimate of drug-likeness (QED) is 0.518. The Morgan fingerprint density at radius 1 is 1.10 bits per heavy atom. The lowest BCUT2D eigenvalue weighted by molar-refractivity contribution is 0.0208. The van der Waals surface area contributed by atoms with Crippen molar-refractivity contribution >= 4 is 5.96 Å². The third kappa shape index (κ3) is 5.72. The molecule has 0 aromatic heterocycles. The maximum Gasteiger partial charge on any atom is 0.191 e. The normalized spacial score (nSPS) is 22.1. The van der Waals surface area contributed by atoms with Crippen LogP contribution in [-0.4, -0.2) is 80.8 Å². The van der Waals surface area contributed by atoms with E-state index in [1.165, 1.54) is 69.4 Å². The molecule has 31 heavy (non-hydrogen) atoms. The molecule has 0 spiro atoms. The summed E-state index contributed by atoms with van der Waals surface area (Å²) in [7, 11) is 2.25. The van der Waals surface area contributed by atoms with Crippen LogP contribution in [0, 0.1) is 0 Å².